The molecule has 7 rings (SSSR count). The van der Waals surface area contributed by atoms with E-state index in [1.54, 1.807) is 28.3 Å². The van der Waals surface area contributed by atoms with Crippen molar-refractivity contribution in [3.8, 4) is 22.6 Å². The summed E-state index contributed by atoms with van der Waals surface area (Å²) < 4.78 is 8.59. The van der Waals surface area contributed by atoms with Gasteiger partial charge in [0.25, 0.3) is 5.56 Å². The van der Waals surface area contributed by atoms with E-state index in [9.17, 15) is 19.5 Å². The van der Waals surface area contributed by atoms with E-state index in [0.717, 1.165) is 33.2 Å². The third-order valence-electron chi connectivity index (χ3n) is 8.94. The molecule has 45 heavy (non-hydrogen) atoms. The van der Waals surface area contributed by atoms with Gasteiger partial charge in [0.1, 0.15) is 12.3 Å². The molecule has 1 atom stereocenters. The number of para-hydroxylation sites is 1. The molecule has 2 aliphatic rings. The second-order valence-electron chi connectivity index (χ2n) is 11.6. The molecule has 0 fully saturated rings. The number of aryl methyl sites for hydroxylation is 2. The zero-order valence-corrected chi connectivity index (χ0v) is 25.0. The van der Waals surface area contributed by atoms with Crippen LogP contribution in [0.4, 0.5) is 5.69 Å². The molecule has 0 unspecified atom stereocenters. The van der Waals surface area contributed by atoms with Gasteiger partial charge in [-0.25, -0.2) is 14.5 Å². The number of cyclic esters (lactones) is 1. The van der Waals surface area contributed by atoms with E-state index in [1.807, 2.05) is 44.3 Å². The van der Waals surface area contributed by atoms with Gasteiger partial charge in [0.2, 0.25) is 5.91 Å². The van der Waals surface area contributed by atoms with Crippen molar-refractivity contribution < 1.29 is 19.4 Å². The Morgan fingerprint density at radius 2 is 1.91 bits per heavy atom. The number of nitrogens with one attached hydrogen (secondary N) is 1. The molecular formula is C33H31N7O5. The normalized spacial score (nSPS) is 16.7. The zero-order valence-electron chi connectivity index (χ0n) is 25.0. The highest BCUT2D eigenvalue weighted by molar-refractivity contribution is 5.96. The number of esters is 1. The van der Waals surface area contributed by atoms with Crippen LogP contribution in [0.15, 0.2) is 53.5 Å². The Kier molecular flexibility index (Phi) is 6.64. The number of ether oxygens (including phenoxy) is 1. The van der Waals surface area contributed by atoms with Crippen molar-refractivity contribution in [3.05, 3.63) is 92.4 Å². The number of fused-ring (bicyclic) bond motifs is 5. The highest BCUT2D eigenvalue weighted by Gasteiger charge is 2.45. The SMILES string of the molecule is CC[C@@]1(O)C(=O)OCc2c1cc1n(c2=O)Cc2c-1nc1cc(C)c(C)cc1c2Cn1cc(-c2ccccc2NC(=O)CN)nn1. The van der Waals surface area contributed by atoms with Gasteiger partial charge in [-0.15, -0.1) is 5.10 Å². The minimum absolute atomic E-state index is 0.0666. The van der Waals surface area contributed by atoms with Crippen LogP contribution < -0.4 is 16.6 Å². The van der Waals surface area contributed by atoms with Gasteiger partial charge in [-0.1, -0.05) is 30.3 Å². The van der Waals surface area contributed by atoms with Crippen LogP contribution in [0.25, 0.3) is 33.5 Å². The number of pyridine rings is 2. The first kappa shape index (κ1) is 28.6. The van der Waals surface area contributed by atoms with Crippen LogP contribution in [0.2, 0.25) is 0 Å². The summed E-state index contributed by atoms with van der Waals surface area (Å²) in [6, 6.07) is 13.1. The molecule has 5 aromatic rings. The van der Waals surface area contributed by atoms with Crippen molar-refractivity contribution in [2.75, 3.05) is 11.9 Å². The maximum atomic E-state index is 13.8. The summed E-state index contributed by atoms with van der Waals surface area (Å²) in [6.45, 7) is 6.00. The third-order valence-corrected chi connectivity index (χ3v) is 8.94. The summed E-state index contributed by atoms with van der Waals surface area (Å²) in [5.41, 5.74) is 11.5. The van der Waals surface area contributed by atoms with Crippen molar-refractivity contribution in [2.45, 2.75) is 52.5 Å². The van der Waals surface area contributed by atoms with Gasteiger partial charge in [0.05, 0.1) is 54.0 Å². The fraction of sp³-hybridized carbons (Fsp3) is 0.273. The second kappa shape index (κ2) is 10.5. The number of rotatable bonds is 6. The topological polar surface area (TPSA) is 167 Å². The lowest BCUT2D eigenvalue weighted by Gasteiger charge is -2.31. The fourth-order valence-electron chi connectivity index (χ4n) is 6.28. The second-order valence-corrected chi connectivity index (χ2v) is 11.6. The Bertz CT molecular complexity index is 2130. The van der Waals surface area contributed by atoms with Gasteiger partial charge in [-0.05, 0) is 61.2 Å². The number of nitrogens with zero attached hydrogens (tertiary/aromatic N) is 5. The quantitative estimate of drug-likeness (QED) is 0.242. The maximum absolute atomic E-state index is 13.8. The number of amides is 1. The molecule has 0 bridgehead atoms. The lowest BCUT2D eigenvalue weighted by Crippen LogP contribution is -2.44. The molecule has 12 nitrogen and oxygen atoms in total. The van der Waals surface area contributed by atoms with Crippen LogP contribution in [-0.2, 0) is 39.6 Å². The number of aromatic nitrogens is 5. The zero-order chi connectivity index (χ0) is 31.6. The van der Waals surface area contributed by atoms with Crippen molar-refractivity contribution in [2.24, 2.45) is 5.73 Å². The fourth-order valence-corrected chi connectivity index (χ4v) is 6.28. The molecule has 228 valence electrons. The highest BCUT2D eigenvalue weighted by Crippen LogP contribution is 2.41. The first-order valence-corrected chi connectivity index (χ1v) is 14.7. The van der Waals surface area contributed by atoms with Crippen LogP contribution in [0.1, 0.15) is 46.7 Å². The standard InChI is InChI=1S/C33H31N7O5/c1-4-33(44)24-11-28-30-22(14-40(28)31(42)23(24)16-45-32(33)43)21(20-9-17(2)18(3)10-26(20)36-30)13-39-15-27(37-38-39)19-7-5-6-8-25(19)35-29(41)12-34/h5-11,15,44H,4,12-14,16,34H2,1-3H3,(H,35,41)/t33-/m0/s1. The number of carbonyl (C=O) groups is 2. The molecule has 2 aromatic carbocycles. The monoisotopic (exact) mass is 605 g/mol. The molecule has 0 aliphatic carbocycles. The summed E-state index contributed by atoms with van der Waals surface area (Å²) in [5.74, 6) is -1.08. The van der Waals surface area contributed by atoms with Crippen LogP contribution in [0.5, 0.6) is 0 Å². The van der Waals surface area contributed by atoms with Gasteiger partial charge in [0, 0.05) is 22.1 Å². The number of anilines is 1. The van der Waals surface area contributed by atoms with Gasteiger partial charge in [-0.3, -0.25) is 9.59 Å². The Hall–Kier alpha value is -5.20. The molecule has 0 saturated carbocycles. The predicted octanol–water partition coefficient (Wildman–Crippen LogP) is 2.90. The minimum Gasteiger partial charge on any atom is -0.458 e. The third kappa shape index (κ3) is 4.44. The molecule has 2 aliphatic heterocycles. The van der Waals surface area contributed by atoms with Crippen LogP contribution in [0.3, 0.4) is 0 Å². The Morgan fingerprint density at radius 1 is 1.13 bits per heavy atom. The molecule has 1 amide bonds. The van der Waals surface area contributed by atoms with E-state index in [1.165, 1.54) is 0 Å². The molecule has 0 saturated heterocycles. The Balaban J connectivity index is 1.37. The maximum Gasteiger partial charge on any atom is 0.343 e. The molecular weight excluding hydrogens is 574 g/mol. The van der Waals surface area contributed by atoms with Gasteiger partial charge in [-0.2, -0.15) is 0 Å². The number of carbonyl (C=O) groups excluding carboxylic acids is 2. The molecule has 4 N–H and O–H groups in total. The summed E-state index contributed by atoms with van der Waals surface area (Å²) in [5, 5.41) is 23.8. The number of benzene rings is 2. The van der Waals surface area contributed by atoms with Crippen LogP contribution in [0, 0.1) is 13.8 Å². The average Bonchev–Trinajstić information content (AvgIpc) is 3.65. The molecule has 5 heterocycles. The highest BCUT2D eigenvalue weighted by atomic mass is 16.6. The summed E-state index contributed by atoms with van der Waals surface area (Å²) in [6.07, 6.45) is 1.88. The van der Waals surface area contributed by atoms with Crippen LogP contribution in [-0.4, -0.2) is 48.1 Å². The lowest BCUT2D eigenvalue weighted by molar-refractivity contribution is -0.172. The van der Waals surface area contributed by atoms with Gasteiger partial charge >= 0.3 is 5.97 Å². The largest absolute Gasteiger partial charge is 0.458 e. The van der Waals surface area contributed by atoms with E-state index in [0.29, 0.717) is 34.9 Å². The first-order valence-electron chi connectivity index (χ1n) is 14.7. The summed E-state index contributed by atoms with van der Waals surface area (Å²) >= 11 is 0. The van der Waals surface area contributed by atoms with Crippen molar-refractivity contribution >= 4 is 28.5 Å². The van der Waals surface area contributed by atoms with Crippen molar-refractivity contribution in [1.82, 2.24) is 24.5 Å². The number of nitrogens with two attached hydrogens (primary N) is 1. The first-order chi connectivity index (χ1) is 21.6. The molecule has 12 heteroatoms. The van der Waals surface area contributed by atoms with Gasteiger partial charge < -0.3 is 25.5 Å². The van der Waals surface area contributed by atoms with E-state index in [4.69, 9.17) is 15.5 Å². The molecule has 0 spiro atoms. The predicted molar refractivity (Wildman–Crippen MR) is 166 cm³/mol. The summed E-state index contributed by atoms with van der Waals surface area (Å²) in [4.78, 5) is 43.5. The Morgan fingerprint density at radius 3 is 2.69 bits per heavy atom. The van der Waals surface area contributed by atoms with Crippen molar-refractivity contribution in [3.63, 3.8) is 0 Å². The Labute approximate surface area is 257 Å². The number of hydrogen-bond acceptors (Lipinski definition) is 9. The van der Waals surface area contributed by atoms with E-state index in [-0.39, 0.29) is 48.7 Å². The molecule has 3 aromatic heterocycles. The average molecular weight is 606 g/mol. The van der Waals surface area contributed by atoms with Crippen molar-refractivity contribution in [1.29, 1.82) is 0 Å². The minimum atomic E-state index is -1.91. The molecule has 0 radical (unpaired) electrons. The smallest absolute Gasteiger partial charge is 0.343 e. The lowest BCUT2D eigenvalue weighted by atomic mass is 9.86. The van der Waals surface area contributed by atoms with E-state index >= 15 is 0 Å². The number of aliphatic hydroxyl groups is 1. The van der Waals surface area contributed by atoms with Gasteiger partial charge in [0.15, 0.2) is 5.60 Å². The summed E-state index contributed by atoms with van der Waals surface area (Å²) in [7, 11) is 0. The number of hydrogen-bond donors (Lipinski definition) is 3. The van der Waals surface area contributed by atoms with Crippen LogP contribution >= 0.6 is 0 Å². The van der Waals surface area contributed by atoms with E-state index < -0.39 is 11.6 Å². The van der Waals surface area contributed by atoms with E-state index in [2.05, 4.69) is 21.7 Å².